The molecule has 0 radical (unpaired) electrons. The maximum atomic E-state index is 13.2. The van der Waals surface area contributed by atoms with E-state index in [1.807, 2.05) is 0 Å². The molecule has 1 aliphatic heterocycles. The predicted molar refractivity (Wildman–Crippen MR) is 74.2 cm³/mol. The summed E-state index contributed by atoms with van der Waals surface area (Å²) >= 11 is 3.13. The molecule has 2 amide bonds. The number of benzene rings is 1. The molecule has 2 aliphatic rings. The first-order valence-corrected chi connectivity index (χ1v) is 7.36. The molecule has 1 heterocycles. The largest absolute Gasteiger partial charge is 0.342 e. The molecule has 1 aromatic carbocycles. The van der Waals surface area contributed by atoms with E-state index in [9.17, 15) is 14.0 Å². The topological polar surface area (TPSA) is 49.4 Å². The fourth-order valence-electron chi connectivity index (χ4n) is 2.47. The summed E-state index contributed by atoms with van der Waals surface area (Å²) in [6.07, 6.45) is 1.99. The van der Waals surface area contributed by atoms with Crippen molar-refractivity contribution in [2.24, 2.45) is 5.92 Å². The van der Waals surface area contributed by atoms with Gasteiger partial charge in [0, 0.05) is 6.54 Å². The zero-order chi connectivity index (χ0) is 14.3. The van der Waals surface area contributed by atoms with Gasteiger partial charge in [-0.25, -0.2) is 4.39 Å². The number of piperazine rings is 1. The predicted octanol–water partition coefficient (Wildman–Crippen LogP) is 1.83. The summed E-state index contributed by atoms with van der Waals surface area (Å²) in [6, 6.07) is 4.25. The van der Waals surface area contributed by atoms with Gasteiger partial charge in [-0.15, -0.1) is 0 Å². The van der Waals surface area contributed by atoms with Gasteiger partial charge >= 0.3 is 0 Å². The van der Waals surface area contributed by atoms with Crippen molar-refractivity contribution in [3.8, 4) is 0 Å². The smallest absolute Gasteiger partial charge is 0.246 e. The van der Waals surface area contributed by atoms with E-state index in [2.05, 4.69) is 21.2 Å². The maximum absolute atomic E-state index is 13.2. The quantitative estimate of drug-likeness (QED) is 0.912. The van der Waals surface area contributed by atoms with Crippen LogP contribution >= 0.6 is 15.9 Å². The molecule has 1 aliphatic carbocycles. The molecule has 4 nitrogen and oxygen atoms in total. The minimum Gasteiger partial charge on any atom is -0.342 e. The highest BCUT2D eigenvalue weighted by Crippen LogP contribution is 2.34. The van der Waals surface area contributed by atoms with Crippen molar-refractivity contribution < 1.29 is 14.0 Å². The summed E-state index contributed by atoms with van der Waals surface area (Å²) < 4.78 is 13.6. The Labute approximate surface area is 124 Å². The molecule has 0 aromatic heterocycles. The Morgan fingerprint density at radius 3 is 2.75 bits per heavy atom. The van der Waals surface area contributed by atoms with Crippen LogP contribution < -0.4 is 5.32 Å². The van der Waals surface area contributed by atoms with Crippen LogP contribution in [0.5, 0.6) is 0 Å². The SMILES string of the molecule is O=C1CN(Cc2ccc(F)c(Br)c2)C(=O)C(C2CC2)N1. The van der Waals surface area contributed by atoms with Crippen molar-refractivity contribution in [1.82, 2.24) is 10.2 Å². The molecule has 1 aromatic rings. The summed E-state index contributed by atoms with van der Waals surface area (Å²) in [5.41, 5.74) is 0.802. The van der Waals surface area contributed by atoms with E-state index in [-0.39, 0.29) is 36.1 Å². The average Bonchev–Trinajstić information content (AvgIpc) is 3.22. The van der Waals surface area contributed by atoms with Gasteiger partial charge in [-0.3, -0.25) is 9.59 Å². The van der Waals surface area contributed by atoms with Crippen LogP contribution in [0.25, 0.3) is 0 Å². The number of carbonyl (C=O) groups is 2. The van der Waals surface area contributed by atoms with Gasteiger partial charge in [0.25, 0.3) is 0 Å². The van der Waals surface area contributed by atoms with Gasteiger partial charge < -0.3 is 10.2 Å². The molecule has 3 rings (SSSR count). The molecular weight excluding hydrogens is 327 g/mol. The number of rotatable bonds is 3. The molecular formula is C14H14BrFN2O2. The number of hydrogen-bond acceptors (Lipinski definition) is 2. The first-order valence-electron chi connectivity index (χ1n) is 6.56. The number of hydrogen-bond donors (Lipinski definition) is 1. The van der Waals surface area contributed by atoms with E-state index in [1.165, 1.54) is 6.07 Å². The van der Waals surface area contributed by atoms with E-state index in [0.717, 1.165) is 18.4 Å². The van der Waals surface area contributed by atoms with Gasteiger partial charge in [-0.05, 0) is 52.4 Å². The monoisotopic (exact) mass is 340 g/mol. The molecule has 2 fully saturated rings. The fraction of sp³-hybridized carbons (Fsp3) is 0.429. The highest BCUT2D eigenvalue weighted by atomic mass is 79.9. The molecule has 6 heteroatoms. The molecule has 1 saturated carbocycles. The highest BCUT2D eigenvalue weighted by molar-refractivity contribution is 9.10. The van der Waals surface area contributed by atoms with Gasteiger partial charge in [0.1, 0.15) is 11.9 Å². The Hall–Kier alpha value is -1.43. The van der Waals surface area contributed by atoms with Crippen molar-refractivity contribution in [3.63, 3.8) is 0 Å². The van der Waals surface area contributed by atoms with Gasteiger partial charge in [0.05, 0.1) is 11.0 Å². The van der Waals surface area contributed by atoms with E-state index < -0.39 is 0 Å². The zero-order valence-corrected chi connectivity index (χ0v) is 12.3. The lowest BCUT2D eigenvalue weighted by atomic mass is 10.1. The molecule has 1 atom stereocenters. The van der Waals surface area contributed by atoms with Gasteiger partial charge in [0.15, 0.2) is 0 Å². The Morgan fingerprint density at radius 1 is 1.35 bits per heavy atom. The number of amides is 2. The minimum atomic E-state index is -0.375. The third-order valence-corrected chi connectivity index (χ3v) is 4.29. The Kier molecular flexibility index (Phi) is 3.50. The molecule has 1 unspecified atom stereocenters. The van der Waals surface area contributed by atoms with Crippen LogP contribution in [-0.2, 0) is 16.1 Å². The lowest BCUT2D eigenvalue weighted by Crippen LogP contribution is -2.58. The van der Waals surface area contributed by atoms with E-state index in [4.69, 9.17) is 0 Å². The molecule has 106 valence electrons. The molecule has 1 saturated heterocycles. The zero-order valence-electron chi connectivity index (χ0n) is 10.7. The van der Waals surface area contributed by atoms with Crippen LogP contribution in [0.15, 0.2) is 22.7 Å². The maximum Gasteiger partial charge on any atom is 0.246 e. The molecule has 0 spiro atoms. The van der Waals surface area contributed by atoms with Crippen LogP contribution in [0.3, 0.4) is 0 Å². The Balaban J connectivity index is 1.76. The van der Waals surface area contributed by atoms with Crippen LogP contribution in [0.2, 0.25) is 0 Å². The number of carbonyl (C=O) groups excluding carboxylic acids is 2. The molecule has 20 heavy (non-hydrogen) atoms. The summed E-state index contributed by atoms with van der Waals surface area (Å²) in [7, 11) is 0. The molecule has 1 N–H and O–H groups in total. The van der Waals surface area contributed by atoms with Gasteiger partial charge in [0.2, 0.25) is 11.8 Å². The van der Waals surface area contributed by atoms with Crippen LogP contribution in [-0.4, -0.2) is 29.3 Å². The van der Waals surface area contributed by atoms with Gasteiger partial charge in [-0.1, -0.05) is 6.07 Å². The van der Waals surface area contributed by atoms with Crippen molar-refractivity contribution >= 4 is 27.7 Å². The normalized spacial score (nSPS) is 22.9. The summed E-state index contributed by atoms with van der Waals surface area (Å²) in [4.78, 5) is 25.6. The van der Waals surface area contributed by atoms with E-state index in [0.29, 0.717) is 11.0 Å². The Morgan fingerprint density at radius 2 is 2.10 bits per heavy atom. The summed E-state index contributed by atoms with van der Waals surface area (Å²) in [6.45, 7) is 0.394. The number of halogens is 2. The first-order chi connectivity index (χ1) is 9.54. The minimum absolute atomic E-state index is 0.0347. The van der Waals surface area contributed by atoms with Crippen LogP contribution in [0.1, 0.15) is 18.4 Å². The third kappa shape index (κ3) is 2.70. The first kappa shape index (κ1) is 13.5. The number of nitrogens with one attached hydrogen (secondary N) is 1. The second-order valence-electron chi connectivity index (χ2n) is 5.33. The lowest BCUT2D eigenvalue weighted by molar-refractivity contribution is -0.145. The summed E-state index contributed by atoms with van der Waals surface area (Å²) in [5.74, 6) is -0.211. The van der Waals surface area contributed by atoms with Crippen LogP contribution in [0.4, 0.5) is 4.39 Å². The lowest BCUT2D eigenvalue weighted by Gasteiger charge is -2.32. The standard InChI is InChI=1S/C14H14BrFN2O2/c15-10-5-8(1-4-11(10)16)6-18-7-12(19)17-13(14(18)20)9-2-3-9/h1,4-5,9,13H,2-3,6-7H2,(H,17,19). The highest BCUT2D eigenvalue weighted by Gasteiger charge is 2.42. The second-order valence-corrected chi connectivity index (χ2v) is 6.18. The van der Waals surface area contributed by atoms with Crippen molar-refractivity contribution in [2.45, 2.75) is 25.4 Å². The van der Waals surface area contributed by atoms with Gasteiger partial charge in [-0.2, -0.15) is 0 Å². The Bertz CT molecular complexity index is 574. The van der Waals surface area contributed by atoms with Crippen molar-refractivity contribution in [1.29, 1.82) is 0 Å². The average molecular weight is 341 g/mol. The van der Waals surface area contributed by atoms with Crippen molar-refractivity contribution in [3.05, 3.63) is 34.1 Å². The van der Waals surface area contributed by atoms with Crippen molar-refractivity contribution in [2.75, 3.05) is 6.54 Å². The second kappa shape index (κ2) is 5.16. The molecule has 0 bridgehead atoms. The van der Waals surface area contributed by atoms with Crippen LogP contribution in [0, 0.1) is 11.7 Å². The third-order valence-electron chi connectivity index (χ3n) is 3.68. The van der Waals surface area contributed by atoms with E-state index >= 15 is 0 Å². The summed E-state index contributed by atoms with van der Waals surface area (Å²) in [5, 5.41) is 2.76. The fourth-order valence-corrected chi connectivity index (χ4v) is 2.90. The number of nitrogens with zero attached hydrogens (tertiary/aromatic N) is 1. The van der Waals surface area contributed by atoms with E-state index in [1.54, 1.807) is 17.0 Å².